The second-order valence-corrected chi connectivity index (χ2v) is 3.92. The molecule has 2 heterocycles. The van der Waals surface area contributed by atoms with Crippen molar-refractivity contribution in [1.82, 2.24) is 9.80 Å². The molecular weight excluding hydrogens is 198 g/mol. The smallest absolute Gasteiger partial charge is 0.327 e. The van der Waals surface area contributed by atoms with Gasteiger partial charge in [0.1, 0.15) is 5.54 Å². The van der Waals surface area contributed by atoms with Crippen molar-refractivity contribution in [3.63, 3.8) is 0 Å². The number of imide groups is 1. The first kappa shape index (κ1) is 10.4. The molecule has 2 fully saturated rings. The van der Waals surface area contributed by atoms with Crippen molar-refractivity contribution in [2.24, 2.45) is 5.73 Å². The quantitative estimate of drug-likeness (QED) is 0.597. The van der Waals surface area contributed by atoms with E-state index in [2.05, 4.69) is 0 Å². The van der Waals surface area contributed by atoms with E-state index in [1.165, 1.54) is 7.05 Å². The SMILES string of the molecule is CN1C(=O)N(CCN)C2(CCOC2)C1=O. The molecule has 0 radical (unpaired) electrons. The van der Waals surface area contributed by atoms with Crippen molar-refractivity contribution in [1.29, 1.82) is 0 Å². The fourth-order valence-corrected chi connectivity index (χ4v) is 2.25. The zero-order valence-electron chi connectivity index (χ0n) is 8.73. The second kappa shape index (κ2) is 3.46. The minimum Gasteiger partial charge on any atom is -0.378 e. The fourth-order valence-electron chi connectivity index (χ4n) is 2.25. The average Bonchev–Trinajstić information content (AvgIpc) is 2.77. The molecule has 0 aromatic carbocycles. The lowest BCUT2D eigenvalue weighted by Crippen LogP contribution is -2.51. The Morgan fingerprint density at radius 3 is 2.80 bits per heavy atom. The van der Waals surface area contributed by atoms with Crippen molar-refractivity contribution < 1.29 is 14.3 Å². The number of likely N-dealkylation sites (N-methyl/N-ethyl adjacent to an activating group) is 1. The Morgan fingerprint density at radius 2 is 2.27 bits per heavy atom. The number of nitrogens with two attached hydrogens (primary N) is 1. The van der Waals surface area contributed by atoms with Crippen LogP contribution in [0.2, 0.25) is 0 Å². The van der Waals surface area contributed by atoms with Crippen molar-refractivity contribution >= 4 is 11.9 Å². The summed E-state index contributed by atoms with van der Waals surface area (Å²) in [4.78, 5) is 26.5. The lowest BCUT2D eigenvalue weighted by molar-refractivity contribution is -0.132. The summed E-state index contributed by atoms with van der Waals surface area (Å²) in [5, 5.41) is 0. The van der Waals surface area contributed by atoms with Crippen LogP contribution < -0.4 is 5.73 Å². The molecule has 1 atom stereocenters. The standard InChI is InChI=1S/C9H15N3O3/c1-11-7(13)9(2-5-15-6-9)12(4-3-10)8(11)14/h2-6,10H2,1H3. The molecule has 3 amide bonds. The zero-order chi connectivity index (χ0) is 11.1. The van der Waals surface area contributed by atoms with E-state index < -0.39 is 5.54 Å². The molecule has 2 rings (SSSR count). The number of hydrogen-bond donors (Lipinski definition) is 1. The highest BCUT2D eigenvalue weighted by Crippen LogP contribution is 2.34. The highest BCUT2D eigenvalue weighted by Gasteiger charge is 2.57. The normalized spacial score (nSPS) is 31.1. The van der Waals surface area contributed by atoms with E-state index in [9.17, 15) is 9.59 Å². The van der Waals surface area contributed by atoms with Gasteiger partial charge < -0.3 is 15.4 Å². The van der Waals surface area contributed by atoms with E-state index in [1.807, 2.05) is 0 Å². The highest BCUT2D eigenvalue weighted by atomic mass is 16.5. The number of nitrogens with zero attached hydrogens (tertiary/aromatic N) is 2. The number of hydrogen-bond acceptors (Lipinski definition) is 4. The number of carbonyl (C=O) groups excluding carboxylic acids is 2. The molecular formula is C9H15N3O3. The molecule has 6 heteroatoms. The number of urea groups is 1. The van der Waals surface area contributed by atoms with Crippen LogP contribution >= 0.6 is 0 Å². The molecule has 1 unspecified atom stereocenters. The van der Waals surface area contributed by atoms with Gasteiger partial charge in [-0.15, -0.1) is 0 Å². The van der Waals surface area contributed by atoms with Crippen LogP contribution in [0.5, 0.6) is 0 Å². The summed E-state index contributed by atoms with van der Waals surface area (Å²) in [5.74, 6) is -0.168. The summed E-state index contributed by atoms with van der Waals surface area (Å²) in [6, 6.07) is -0.268. The lowest BCUT2D eigenvalue weighted by Gasteiger charge is -2.29. The van der Waals surface area contributed by atoms with Gasteiger partial charge in [0.15, 0.2) is 0 Å². The Morgan fingerprint density at radius 1 is 1.53 bits per heavy atom. The average molecular weight is 213 g/mol. The van der Waals surface area contributed by atoms with E-state index >= 15 is 0 Å². The molecule has 2 saturated heterocycles. The summed E-state index contributed by atoms with van der Waals surface area (Å²) in [7, 11) is 1.50. The number of amides is 3. The third-order valence-electron chi connectivity index (χ3n) is 3.09. The van der Waals surface area contributed by atoms with Crippen LogP contribution in [-0.2, 0) is 9.53 Å². The summed E-state index contributed by atoms with van der Waals surface area (Å²) in [6.07, 6.45) is 0.571. The monoisotopic (exact) mass is 213 g/mol. The maximum atomic E-state index is 12.0. The molecule has 0 bridgehead atoms. The summed E-state index contributed by atoms with van der Waals surface area (Å²) >= 11 is 0. The van der Waals surface area contributed by atoms with E-state index in [-0.39, 0.29) is 11.9 Å². The van der Waals surface area contributed by atoms with Gasteiger partial charge in [-0.3, -0.25) is 9.69 Å². The molecule has 15 heavy (non-hydrogen) atoms. The molecule has 2 aliphatic heterocycles. The second-order valence-electron chi connectivity index (χ2n) is 3.92. The van der Waals surface area contributed by atoms with Gasteiger partial charge in [-0.1, -0.05) is 0 Å². The largest absolute Gasteiger partial charge is 0.378 e. The predicted octanol–water partition coefficient (Wildman–Crippen LogP) is -1.00. The Hall–Kier alpha value is -1.14. The third-order valence-corrected chi connectivity index (χ3v) is 3.09. The number of ether oxygens (including phenoxy) is 1. The molecule has 1 spiro atoms. The van der Waals surface area contributed by atoms with Crippen molar-refractivity contribution in [3.8, 4) is 0 Å². The minimum absolute atomic E-state index is 0.168. The number of rotatable bonds is 2. The molecule has 0 aliphatic carbocycles. The van der Waals surface area contributed by atoms with E-state index in [0.29, 0.717) is 32.7 Å². The molecule has 2 N–H and O–H groups in total. The van der Waals surface area contributed by atoms with E-state index in [4.69, 9.17) is 10.5 Å². The third kappa shape index (κ3) is 1.25. The van der Waals surface area contributed by atoms with Crippen LogP contribution in [0, 0.1) is 0 Å². The predicted molar refractivity (Wildman–Crippen MR) is 52.1 cm³/mol. The first-order valence-electron chi connectivity index (χ1n) is 5.01. The Bertz CT molecular complexity index is 299. The topological polar surface area (TPSA) is 75.9 Å². The summed E-state index contributed by atoms with van der Waals surface area (Å²) in [5.41, 5.74) is 4.68. The van der Waals surface area contributed by atoms with Gasteiger partial charge in [-0.05, 0) is 0 Å². The van der Waals surface area contributed by atoms with Gasteiger partial charge in [0.05, 0.1) is 6.61 Å². The number of carbonyl (C=O) groups is 2. The van der Waals surface area contributed by atoms with Crippen LogP contribution in [0.15, 0.2) is 0 Å². The van der Waals surface area contributed by atoms with Gasteiger partial charge in [-0.25, -0.2) is 4.79 Å². The van der Waals surface area contributed by atoms with Gasteiger partial charge in [0, 0.05) is 33.2 Å². The van der Waals surface area contributed by atoms with Gasteiger partial charge in [-0.2, -0.15) is 0 Å². The Labute approximate surface area is 87.9 Å². The molecule has 0 aromatic rings. The van der Waals surface area contributed by atoms with Crippen LogP contribution in [0.4, 0.5) is 4.79 Å². The van der Waals surface area contributed by atoms with E-state index in [1.54, 1.807) is 4.90 Å². The maximum absolute atomic E-state index is 12.0. The van der Waals surface area contributed by atoms with Gasteiger partial charge in [0.25, 0.3) is 5.91 Å². The highest BCUT2D eigenvalue weighted by molar-refractivity contribution is 6.07. The van der Waals surface area contributed by atoms with Crippen LogP contribution in [0.25, 0.3) is 0 Å². The van der Waals surface area contributed by atoms with Gasteiger partial charge >= 0.3 is 6.03 Å². The maximum Gasteiger partial charge on any atom is 0.327 e. The lowest BCUT2D eigenvalue weighted by atomic mass is 9.97. The van der Waals surface area contributed by atoms with Crippen molar-refractivity contribution in [2.75, 3.05) is 33.4 Å². The van der Waals surface area contributed by atoms with Crippen LogP contribution in [-0.4, -0.2) is 60.6 Å². The molecule has 2 aliphatic rings. The van der Waals surface area contributed by atoms with Crippen molar-refractivity contribution in [3.05, 3.63) is 0 Å². The molecule has 84 valence electrons. The van der Waals surface area contributed by atoms with Crippen molar-refractivity contribution in [2.45, 2.75) is 12.0 Å². The molecule has 0 aromatic heterocycles. The molecule has 6 nitrogen and oxygen atoms in total. The molecule has 0 saturated carbocycles. The minimum atomic E-state index is -0.773. The summed E-state index contributed by atoms with van der Waals surface area (Å²) < 4.78 is 5.24. The van der Waals surface area contributed by atoms with Crippen LogP contribution in [0.1, 0.15) is 6.42 Å². The van der Waals surface area contributed by atoms with Gasteiger partial charge in [0.2, 0.25) is 0 Å². The Kier molecular flexibility index (Phi) is 2.40. The fraction of sp³-hybridized carbons (Fsp3) is 0.778. The zero-order valence-corrected chi connectivity index (χ0v) is 8.73. The first-order valence-corrected chi connectivity index (χ1v) is 5.01. The first-order chi connectivity index (χ1) is 7.13. The van der Waals surface area contributed by atoms with Crippen LogP contribution in [0.3, 0.4) is 0 Å². The summed E-state index contributed by atoms with van der Waals surface area (Å²) in [6.45, 7) is 1.57. The Balaban J connectivity index is 2.33. The van der Waals surface area contributed by atoms with E-state index in [0.717, 1.165) is 4.90 Å².